The average molecular weight is 379 g/mol. The molecule has 0 bridgehead atoms. The van der Waals surface area contributed by atoms with Gasteiger partial charge in [0.1, 0.15) is 17.9 Å². The lowest BCUT2D eigenvalue weighted by Crippen LogP contribution is -2.51. The molecule has 1 atom stereocenters. The van der Waals surface area contributed by atoms with Gasteiger partial charge in [-0.15, -0.1) is 5.53 Å². The zero-order valence-electron chi connectivity index (χ0n) is 14.7. The zero-order chi connectivity index (χ0) is 20.0. The van der Waals surface area contributed by atoms with Gasteiger partial charge in [0.05, 0.1) is 18.7 Å². The highest BCUT2D eigenvalue weighted by Gasteiger charge is 2.28. The van der Waals surface area contributed by atoms with Gasteiger partial charge in [0, 0.05) is 12.7 Å². The molecule has 0 fully saturated rings. The fourth-order valence-corrected chi connectivity index (χ4v) is 2.62. The molecule has 1 aromatic rings. The highest BCUT2D eigenvalue weighted by atomic mass is 16.5. The van der Waals surface area contributed by atoms with Crippen molar-refractivity contribution in [1.29, 1.82) is 0 Å². The van der Waals surface area contributed by atoms with E-state index in [0.29, 0.717) is 11.3 Å². The summed E-state index contributed by atoms with van der Waals surface area (Å²) in [5.41, 5.74) is 12.0. The molecule has 146 valence electrons. The minimum atomic E-state index is -1.85. The van der Waals surface area contributed by atoms with E-state index >= 15 is 0 Å². The lowest BCUT2D eigenvalue weighted by molar-refractivity contribution is -0.122. The van der Waals surface area contributed by atoms with Gasteiger partial charge in [-0.2, -0.15) is 0 Å². The van der Waals surface area contributed by atoms with Crippen molar-refractivity contribution < 1.29 is 29.5 Å². The van der Waals surface area contributed by atoms with E-state index in [1.165, 1.54) is 24.3 Å². The van der Waals surface area contributed by atoms with E-state index in [4.69, 9.17) is 10.5 Å². The molecular weight excluding hydrogens is 357 g/mol. The topological polar surface area (TPSA) is 169 Å². The Labute approximate surface area is 155 Å². The first-order valence-electron chi connectivity index (χ1n) is 8.09. The van der Waals surface area contributed by atoms with Crippen LogP contribution in [0.5, 0.6) is 5.75 Å². The Morgan fingerprint density at radius 1 is 1.41 bits per heavy atom. The molecule has 0 saturated carbocycles. The number of aromatic carboxylic acids is 1. The van der Waals surface area contributed by atoms with Crippen LogP contribution in [0.1, 0.15) is 15.9 Å². The Morgan fingerprint density at radius 3 is 2.70 bits per heavy atom. The Morgan fingerprint density at radius 2 is 2.15 bits per heavy atom. The predicted molar refractivity (Wildman–Crippen MR) is 95.9 cm³/mol. The van der Waals surface area contributed by atoms with Crippen LogP contribution in [-0.4, -0.2) is 65.3 Å². The Hall–Kier alpha value is -2.80. The van der Waals surface area contributed by atoms with Crippen LogP contribution >= 0.6 is 0 Å². The van der Waals surface area contributed by atoms with E-state index < -0.39 is 24.9 Å². The van der Waals surface area contributed by atoms with Gasteiger partial charge in [-0.05, 0) is 18.1 Å². The minimum absolute atomic E-state index is 0.0384. The van der Waals surface area contributed by atoms with Crippen LogP contribution in [0, 0.1) is 0 Å². The number of ether oxygens (including phenoxy) is 1. The summed E-state index contributed by atoms with van der Waals surface area (Å²) < 4.78 is 5.15. The van der Waals surface area contributed by atoms with Gasteiger partial charge in [-0.25, -0.2) is 4.79 Å². The number of carboxylic acids is 1. The Bertz CT molecular complexity index is 729. The lowest BCUT2D eigenvalue weighted by Gasteiger charge is -2.21. The molecule has 11 nitrogen and oxygen atoms in total. The highest BCUT2D eigenvalue weighted by Crippen LogP contribution is 2.25. The Balaban J connectivity index is 2.08. The standard InChI is InChI=1S/C15H22BN5O6/c1-27-14-9(3-2-4-11(14)15(23)24)5-12(16(25)26)18-13(22)8-21-7-10(6-17)19-20-21/h2-4,7,12,19-20,25-26H,5-6,8,17H2,1H3,(H,18,22)(H,23,24)/t12-/m0/s1. The predicted octanol–water partition coefficient (Wildman–Crippen LogP) is -2.44. The molecule has 8 N–H and O–H groups in total. The van der Waals surface area contributed by atoms with Gasteiger partial charge < -0.3 is 36.4 Å². The monoisotopic (exact) mass is 379 g/mol. The van der Waals surface area contributed by atoms with Crippen LogP contribution in [0.3, 0.4) is 0 Å². The molecule has 0 spiro atoms. The Kier molecular flexibility index (Phi) is 7.01. The maximum absolute atomic E-state index is 12.2. The van der Waals surface area contributed by atoms with Crippen molar-refractivity contribution >= 4 is 19.0 Å². The summed E-state index contributed by atoms with van der Waals surface area (Å²) in [6, 6.07) is 4.49. The third-order valence-electron chi connectivity index (χ3n) is 3.88. The number of nitrogens with one attached hydrogen (secondary N) is 3. The van der Waals surface area contributed by atoms with E-state index in [-0.39, 0.29) is 30.8 Å². The molecule has 0 radical (unpaired) electrons. The zero-order valence-corrected chi connectivity index (χ0v) is 14.7. The second-order valence-corrected chi connectivity index (χ2v) is 5.82. The van der Waals surface area contributed by atoms with Crippen LogP contribution < -0.4 is 26.7 Å². The second kappa shape index (κ2) is 9.23. The van der Waals surface area contributed by atoms with Crippen molar-refractivity contribution in [3.05, 3.63) is 41.2 Å². The van der Waals surface area contributed by atoms with Gasteiger partial charge in [0.15, 0.2) is 0 Å². The van der Waals surface area contributed by atoms with E-state index in [9.17, 15) is 24.7 Å². The summed E-state index contributed by atoms with van der Waals surface area (Å²) in [7, 11) is -0.534. The molecule has 27 heavy (non-hydrogen) atoms. The van der Waals surface area contributed by atoms with Crippen LogP contribution in [0.25, 0.3) is 0 Å². The molecule has 1 aliphatic rings. The van der Waals surface area contributed by atoms with E-state index in [2.05, 4.69) is 16.3 Å². The molecular formula is C15H22BN5O6. The first-order chi connectivity index (χ1) is 12.8. The van der Waals surface area contributed by atoms with Crippen molar-refractivity contribution in [2.45, 2.75) is 12.4 Å². The fourth-order valence-electron chi connectivity index (χ4n) is 2.62. The minimum Gasteiger partial charge on any atom is -0.496 e. The van der Waals surface area contributed by atoms with E-state index in [1.54, 1.807) is 12.3 Å². The molecule has 1 aliphatic heterocycles. The first kappa shape index (κ1) is 20.5. The van der Waals surface area contributed by atoms with Gasteiger partial charge in [-0.1, -0.05) is 12.1 Å². The van der Waals surface area contributed by atoms with E-state index in [1.807, 2.05) is 0 Å². The largest absolute Gasteiger partial charge is 0.496 e. The number of carbonyl (C=O) groups excluding carboxylic acids is 1. The number of methoxy groups -OCH3 is 1. The van der Waals surface area contributed by atoms with Gasteiger partial charge in [0.2, 0.25) is 5.91 Å². The molecule has 12 heteroatoms. The molecule has 0 saturated heterocycles. The molecule has 1 heterocycles. The van der Waals surface area contributed by atoms with Crippen molar-refractivity contribution in [3.8, 4) is 5.75 Å². The average Bonchev–Trinajstić information content (AvgIpc) is 3.08. The van der Waals surface area contributed by atoms with Gasteiger partial charge in [0.25, 0.3) is 0 Å². The van der Waals surface area contributed by atoms with E-state index in [0.717, 1.165) is 0 Å². The van der Waals surface area contributed by atoms with Crippen molar-refractivity contribution in [3.63, 3.8) is 0 Å². The molecule has 0 aromatic heterocycles. The number of nitrogens with zero attached hydrogens (tertiary/aromatic N) is 1. The number of hydrazine groups is 2. The van der Waals surface area contributed by atoms with Crippen LogP contribution in [0.15, 0.2) is 30.1 Å². The maximum Gasteiger partial charge on any atom is 0.475 e. The summed E-state index contributed by atoms with van der Waals surface area (Å²) in [4.78, 5) is 23.5. The van der Waals surface area contributed by atoms with Crippen LogP contribution in [-0.2, 0) is 11.2 Å². The van der Waals surface area contributed by atoms with Gasteiger partial charge >= 0.3 is 13.1 Å². The molecule has 2 rings (SSSR count). The van der Waals surface area contributed by atoms with Crippen molar-refractivity contribution in [2.75, 3.05) is 20.2 Å². The summed E-state index contributed by atoms with van der Waals surface area (Å²) in [5, 5.41) is 32.4. The number of benzene rings is 1. The van der Waals surface area contributed by atoms with Crippen molar-refractivity contribution in [2.24, 2.45) is 5.73 Å². The second-order valence-electron chi connectivity index (χ2n) is 5.82. The fraction of sp³-hybridized carbons (Fsp3) is 0.333. The quantitative estimate of drug-likeness (QED) is 0.229. The summed E-state index contributed by atoms with van der Waals surface area (Å²) in [6.45, 7) is 0.162. The highest BCUT2D eigenvalue weighted by molar-refractivity contribution is 6.43. The normalized spacial score (nSPS) is 14.2. The van der Waals surface area contributed by atoms with Crippen LogP contribution in [0.2, 0.25) is 0 Å². The maximum atomic E-state index is 12.2. The van der Waals surface area contributed by atoms with Crippen LogP contribution in [0.4, 0.5) is 0 Å². The van der Waals surface area contributed by atoms with Crippen molar-refractivity contribution in [1.82, 2.24) is 21.3 Å². The number of para-hydroxylation sites is 1. The lowest BCUT2D eigenvalue weighted by atomic mass is 9.75. The summed E-state index contributed by atoms with van der Waals surface area (Å²) in [6.07, 6.45) is 1.58. The summed E-state index contributed by atoms with van der Waals surface area (Å²) in [5.74, 6) is -2.62. The number of rotatable bonds is 9. The molecule has 0 unspecified atom stereocenters. The number of carbonyl (C=O) groups is 2. The third kappa shape index (κ3) is 5.34. The first-order valence-corrected chi connectivity index (χ1v) is 8.09. The molecule has 1 aromatic carbocycles. The summed E-state index contributed by atoms with van der Waals surface area (Å²) >= 11 is 0. The SMILES string of the molecule is COc1c(C[C@H](NC(=O)CN2C=C(CN)NN2)B(O)O)cccc1C(=O)O. The number of carboxylic acid groups (broad SMARTS) is 1. The number of nitrogens with two attached hydrogens (primary N) is 1. The number of amides is 1. The third-order valence-corrected chi connectivity index (χ3v) is 3.88. The smallest absolute Gasteiger partial charge is 0.475 e. The molecule has 1 amide bonds. The van der Waals surface area contributed by atoms with Gasteiger partial charge in [-0.3, -0.25) is 9.80 Å². The number of hydrogen-bond donors (Lipinski definition) is 7. The molecule has 0 aliphatic carbocycles. The number of hydrogen-bond acceptors (Lipinski definition) is 9.